The van der Waals surface area contributed by atoms with Crippen LogP contribution in [0.4, 0.5) is 0 Å². The van der Waals surface area contributed by atoms with Crippen LogP contribution in [0.2, 0.25) is 0 Å². The second-order valence-electron chi connectivity index (χ2n) is 5.86. The van der Waals surface area contributed by atoms with Gasteiger partial charge in [0.25, 0.3) is 0 Å². The van der Waals surface area contributed by atoms with E-state index in [0.717, 1.165) is 24.9 Å². The Morgan fingerprint density at radius 1 is 1.35 bits per heavy atom. The number of nitrogens with zero attached hydrogens (tertiary/aromatic N) is 1. The highest BCUT2D eigenvalue weighted by Gasteiger charge is 2.22. The summed E-state index contributed by atoms with van der Waals surface area (Å²) in [5.74, 6) is 1.52. The molecule has 0 saturated heterocycles. The van der Waals surface area contributed by atoms with Crippen molar-refractivity contribution in [3.63, 3.8) is 0 Å². The van der Waals surface area contributed by atoms with Crippen molar-refractivity contribution in [3.05, 3.63) is 23.9 Å². The van der Waals surface area contributed by atoms with E-state index >= 15 is 0 Å². The molecule has 0 aromatic carbocycles. The normalized spacial score (nSPS) is 15.9. The number of nitrogens with one attached hydrogen (secondary N) is 1. The maximum Gasteiger partial charge on any atom is 0.213 e. The molecule has 17 heavy (non-hydrogen) atoms. The molecule has 94 valence electrons. The average Bonchev–Trinajstić information content (AvgIpc) is 3.08. The third kappa shape index (κ3) is 4.73. The fourth-order valence-corrected chi connectivity index (χ4v) is 1.46. The van der Waals surface area contributed by atoms with E-state index in [1.807, 2.05) is 12.3 Å². The Labute approximate surface area is 104 Å². The quantitative estimate of drug-likeness (QED) is 0.850. The van der Waals surface area contributed by atoms with Gasteiger partial charge in [0.15, 0.2) is 0 Å². The smallest absolute Gasteiger partial charge is 0.213 e. The number of hydrogen-bond acceptors (Lipinski definition) is 3. The minimum absolute atomic E-state index is 0.140. The summed E-state index contributed by atoms with van der Waals surface area (Å²) >= 11 is 0. The van der Waals surface area contributed by atoms with Crippen molar-refractivity contribution in [3.8, 4) is 5.88 Å². The van der Waals surface area contributed by atoms with E-state index in [4.69, 9.17) is 4.74 Å². The van der Waals surface area contributed by atoms with Crippen molar-refractivity contribution in [1.82, 2.24) is 10.3 Å². The Morgan fingerprint density at radius 2 is 2.12 bits per heavy atom. The second kappa shape index (κ2) is 5.05. The van der Waals surface area contributed by atoms with Crippen LogP contribution in [0.3, 0.4) is 0 Å². The first-order valence-electron chi connectivity index (χ1n) is 6.36. The summed E-state index contributed by atoms with van der Waals surface area (Å²) in [7, 11) is 0. The molecule has 2 rings (SSSR count). The fraction of sp³-hybridized carbons (Fsp3) is 0.643. The lowest BCUT2D eigenvalue weighted by Crippen LogP contribution is -2.35. The molecule has 0 aliphatic heterocycles. The summed E-state index contributed by atoms with van der Waals surface area (Å²) in [4.78, 5) is 4.32. The van der Waals surface area contributed by atoms with Crippen LogP contribution >= 0.6 is 0 Å². The minimum Gasteiger partial charge on any atom is -0.477 e. The summed E-state index contributed by atoms with van der Waals surface area (Å²) in [6, 6.07) is 4.04. The SMILES string of the molecule is CC(C)(C)NCc1ccc(OCC2CC2)nc1. The molecule has 3 nitrogen and oxygen atoms in total. The fourth-order valence-electron chi connectivity index (χ4n) is 1.46. The highest BCUT2D eigenvalue weighted by atomic mass is 16.5. The molecule has 0 unspecified atom stereocenters. The predicted octanol–water partition coefficient (Wildman–Crippen LogP) is 2.76. The second-order valence-corrected chi connectivity index (χ2v) is 5.86. The van der Waals surface area contributed by atoms with Crippen molar-refractivity contribution in [1.29, 1.82) is 0 Å². The zero-order valence-electron chi connectivity index (χ0n) is 11.0. The van der Waals surface area contributed by atoms with Crippen LogP contribution in [0.15, 0.2) is 18.3 Å². The lowest BCUT2D eigenvalue weighted by Gasteiger charge is -2.20. The molecule has 1 fully saturated rings. The van der Waals surface area contributed by atoms with Gasteiger partial charge in [0.2, 0.25) is 5.88 Å². The van der Waals surface area contributed by atoms with Gasteiger partial charge >= 0.3 is 0 Å². The van der Waals surface area contributed by atoms with E-state index in [9.17, 15) is 0 Å². The van der Waals surface area contributed by atoms with Gasteiger partial charge in [0.1, 0.15) is 0 Å². The van der Waals surface area contributed by atoms with E-state index in [0.29, 0.717) is 0 Å². The van der Waals surface area contributed by atoms with Gasteiger partial charge < -0.3 is 10.1 Å². The third-order valence-electron chi connectivity index (χ3n) is 2.78. The Kier molecular flexibility index (Phi) is 3.67. The Hall–Kier alpha value is -1.09. The van der Waals surface area contributed by atoms with Crippen molar-refractivity contribution in [2.24, 2.45) is 5.92 Å². The molecule has 0 spiro atoms. The maximum atomic E-state index is 5.60. The number of aromatic nitrogens is 1. The molecular formula is C14H22N2O. The van der Waals surface area contributed by atoms with E-state index in [1.54, 1.807) is 0 Å². The van der Waals surface area contributed by atoms with Crippen molar-refractivity contribution in [2.75, 3.05) is 6.61 Å². The Balaban J connectivity index is 1.79. The summed E-state index contributed by atoms with van der Waals surface area (Å²) in [6.45, 7) is 8.15. The summed E-state index contributed by atoms with van der Waals surface area (Å²) in [5.41, 5.74) is 1.33. The topological polar surface area (TPSA) is 34.1 Å². The van der Waals surface area contributed by atoms with Crippen LogP contribution in [0.5, 0.6) is 5.88 Å². The van der Waals surface area contributed by atoms with Crippen LogP contribution in [0.1, 0.15) is 39.2 Å². The summed E-state index contributed by atoms with van der Waals surface area (Å²) in [6.07, 6.45) is 4.52. The van der Waals surface area contributed by atoms with Crippen molar-refractivity contribution >= 4 is 0 Å². The number of pyridine rings is 1. The molecule has 1 aliphatic carbocycles. The van der Waals surface area contributed by atoms with Gasteiger partial charge in [-0.1, -0.05) is 6.07 Å². The van der Waals surface area contributed by atoms with Crippen LogP contribution in [0.25, 0.3) is 0 Å². The largest absolute Gasteiger partial charge is 0.477 e. The molecule has 1 aromatic rings. The van der Waals surface area contributed by atoms with Gasteiger partial charge in [-0.25, -0.2) is 4.98 Å². The van der Waals surface area contributed by atoms with Gasteiger partial charge in [-0.15, -0.1) is 0 Å². The van der Waals surface area contributed by atoms with E-state index in [1.165, 1.54) is 18.4 Å². The van der Waals surface area contributed by atoms with Crippen molar-refractivity contribution in [2.45, 2.75) is 45.7 Å². The van der Waals surface area contributed by atoms with Crippen LogP contribution in [-0.4, -0.2) is 17.1 Å². The monoisotopic (exact) mass is 234 g/mol. The molecule has 1 heterocycles. The number of hydrogen-bond donors (Lipinski definition) is 1. The zero-order valence-corrected chi connectivity index (χ0v) is 11.0. The van der Waals surface area contributed by atoms with Gasteiger partial charge in [0, 0.05) is 24.3 Å². The van der Waals surface area contributed by atoms with Gasteiger partial charge in [-0.05, 0) is 45.1 Å². The van der Waals surface area contributed by atoms with Gasteiger partial charge in [-0.2, -0.15) is 0 Å². The first kappa shape index (κ1) is 12.4. The molecule has 0 bridgehead atoms. The van der Waals surface area contributed by atoms with Crippen molar-refractivity contribution < 1.29 is 4.74 Å². The molecule has 1 aromatic heterocycles. The maximum absolute atomic E-state index is 5.60. The average molecular weight is 234 g/mol. The number of ether oxygens (including phenoxy) is 1. The van der Waals surface area contributed by atoms with Crippen LogP contribution < -0.4 is 10.1 Å². The lowest BCUT2D eigenvalue weighted by molar-refractivity contribution is 0.288. The third-order valence-corrected chi connectivity index (χ3v) is 2.78. The zero-order chi connectivity index (χ0) is 12.3. The lowest BCUT2D eigenvalue weighted by atomic mass is 10.1. The molecule has 3 heteroatoms. The molecule has 0 atom stereocenters. The summed E-state index contributed by atoms with van der Waals surface area (Å²) in [5, 5.41) is 3.44. The van der Waals surface area contributed by atoms with Crippen LogP contribution in [0, 0.1) is 5.92 Å². The molecule has 1 saturated carbocycles. The first-order chi connectivity index (χ1) is 8.03. The van der Waals surface area contributed by atoms with E-state index in [2.05, 4.69) is 37.1 Å². The highest BCUT2D eigenvalue weighted by Crippen LogP contribution is 2.29. The Bertz CT molecular complexity index is 349. The standard InChI is InChI=1S/C14H22N2O/c1-14(2,3)16-9-12-6-7-13(15-8-12)17-10-11-4-5-11/h6-8,11,16H,4-5,9-10H2,1-3H3. The molecule has 0 radical (unpaired) electrons. The summed E-state index contributed by atoms with van der Waals surface area (Å²) < 4.78 is 5.60. The molecule has 1 N–H and O–H groups in total. The molecule has 0 amide bonds. The molecule has 1 aliphatic rings. The minimum atomic E-state index is 0.140. The predicted molar refractivity (Wildman–Crippen MR) is 69.0 cm³/mol. The Morgan fingerprint density at radius 3 is 2.65 bits per heavy atom. The molecular weight excluding hydrogens is 212 g/mol. The first-order valence-corrected chi connectivity index (χ1v) is 6.36. The van der Waals surface area contributed by atoms with E-state index in [-0.39, 0.29) is 5.54 Å². The number of rotatable bonds is 5. The van der Waals surface area contributed by atoms with E-state index < -0.39 is 0 Å². The highest BCUT2D eigenvalue weighted by molar-refractivity contribution is 5.18. The van der Waals surface area contributed by atoms with Gasteiger partial charge in [-0.3, -0.25) is 0 Å². The van der Waals surface area contributed by atoms with Crippen LogP contribution in [-0.2, 0) is 6.54 Å². The van der Waals surface area contributed by atoms with Gasteiger partial charge in [0.05, 0.1) is 6.61 Å².